The van der Waals surface area contributed by atoms with Crippen LogP contribution in [-0.2, 0) is 11.8 Å². The third-order valence-corrected chi connectivity index (χ3v) is 3.86. The van der Waals surface area contributed by atoms with Crippen LogP contribution in [0, 0.1) is 5.41 Å². The van der Waals surface area contributed by atoms with Gasteiger partial charge in [-0.3, -0.25) is 0 Å². The lowest BCUT2D eigenvalue weighted by atomic mass is 9.81. The van der Waals surface area contributed by atoms with Crippen molar-refractivity contribution >= 4 is 0 Å². The molecular weight excluding hydrogens is 242 g/mol. The van der Waals surface area contributed by atoms with E-state index in [1.54, 1.807) is 0 Å². The highest BCUT2D eigenvalue weighted by atomic mass is 14.9. The van der Waals surface area contributed by atoms with Gasteiger partial charge in [-0.1, -0.05) is 72.7 Å². The minimum Gasteiger partial charge on any atom is -0.315 e. The Bertz CT molecular complexity index is 393. The fourth-order valence-electron chi connectivity index (χ4n) is 2.46. The van der Waals surface area contributed by atoms with E-state index in [0.29, 0.717) is 11.5 Å². The van der Waals surface area contributed by atoms with Gasteiger partial charge < -0.3 is 5.32 Å². The van der Waals surface area contributed by atoms with Crippen LogP contribution < -0.4 is 5.32 Å². The number of hydrogen-bond donors (Lipinski definition) is 1. The Labute approximate surface area is 126 Å². The van der Waals surface area contributed by atoms with Crippen LogP contribution in [0.15, 0.2) is 24.3 Å². The molecule has 0 amide bonds. The topological polar surface area (TPSA) is 12.0 Å². The maximum absolute atomic E-state index is 3.52. The van der Waals surface area contributed by atoms with Gasteiger partial charge >= 0.3 is 0 Å². The summed E-state index contributed by atoms with van der Waals surface area (Å²) in [4.78, 5) is 0. The third-order valence-electron chi connectivity index (χ3n) is 3.86. The van der Waals surface area contributed by atoms with Gasteiger partial charge in [-0.05, 0) is 41.3 Å². The highest BCUT2D eigenvalue weighted by Gasteiger charge is 2.19. The van der Waals surface area contributed by atoms with Crippen molar-refractivity contribution in [2.24, 2.45) is 5.41 Å². The molecule has 1 nitrogen and oxygen atoms in total. The van der Waals surface area contributed by atoms with Crippen LogP contribution in [0.4, 0.5) is 0 Å². The predicted octanol–water partition coefficient (Wildman–Crippen LogP) is 4.94. The first kappa shape index (κ1) is 17.2. The van der Waals surface area contributed by atoms with Crippen LogP contribution >= 0.6 is 0 Å². The molecule has 0 heterocycles. The first-order valence-electron chi connectivity index (χ1n) is 7.93. The average Bonchev–Trinajstić information content (AvgIpc) is 2.26. The van der Waals surface area contributed by atoms with Crippen molar-refractivity contribution in [1.29, 1.82) is 0 Å². The van der Waals surface area contributed by atoms with E-state index in [-0.39, 0.29) is 5.41 Å². The van der Waals surface area contributed by atoms with Gasteiger partial charge in [-0.2, -0.15) is 0 Å². The second-order valence-corrected chi connectivity index (χ2v) is 8.15. The molecule has 0 aromatic heterocycles. The van der Waals surface area contributed by atoms with Gasteiger partial charge in [0.1, 0.15) is 0 Å². The maximum atomic E-state index is 3.52. The summed E-state index contributed by atoms with van der Waals surface area (Å²) in [5, 5.41) is 3.52. The standard InChI is InChI=1S/C19H33N/c1-15(2)20-13-12-19(6,7)14-16-8-10-17(11-9-16)18(3,4)5/h8-11,15,20H,12-14H2,1-7H3. The molecule has 20 heavy (non-hydrogen) atoms. The van der Waals surface area contributed by atoms with Crippen molar-refractivity contribution in [2.45, 2.75) is 72.8 Å². The molecule has 114 valence electrons. The second kappa shape index (κ2) is 6.76. The molecule has 0 aliphatic heterocycles. The van der Waals surface area contributed by atoms with Gasteiger partial charge in [0.25, 0.3) is 0 Å². The van der Waals surface area contributed by atoms with E-state index in [9.17, 15) is 0 Å². The van der Waals surface area contributed by atoms with Crippen molar-refractivity contribution in [3.8, 4) is 0 Å². The summed E-state index contributed by atoms with van der Waals surface area (Å²) in [7, 11) is 0. The molecular formula is C19H33N. The molecule has 0 unspecified atom stereocenters. The van der Waals surface area contributed by atoms with Crippen LogP contribution in [0.3, 0.4) is 0 Å². The Hall–Kier alpha value is -0.820. The summed E-state index contributed by atoms with van der Waals surface area (Å²) in [6.45, 7) is 17.1. The van der Waals surface area contributed by atoms with E-state index in [2.05, 4.69) is 78.0 Å². The second-order valence-electron chi connectivity index (χ2n) is 8.15. The lowest BCUT2D eigenvalue weighted by Crippen LogP contribution is -2.28. The Morgan fingerprint density at radius 3 is 1.95 bits per heavy atom. The molecule has 0 aliphatic rings. The van der Waals surface area contributed by atoms with Gasteiger partial charge in [0, 0.05) is 6.04 Å². The van der Waals surface area contributed by atoms with Crippen molar-refractivity contribution < 1.29 is 0 Å². The maximum Gasteiger partial charge on any atom is 0.00103 e. The third kappa shape index (κ3) is 6.09. The van der Waals surface area contributed by atoms with E-state index in [0.717, 1.165) is 13.0 Å². The van der Waals surface area contributed by atoms with E-state index in [1.807, 2.05) is 0 Å². The van der Waals surface area contributed by atoms with E-state index < -0.39 is 0 Å². The summed E-state index contributed by atoms with van der Waals surface area (Å²) < 4.78 is 0. The Morgan fingerprint density at radius 2 is 1.50 bits per heavy atom. The van der Waals surface area contributed by atoms with Gasteiger partial charge in [-0.15, -0.1) is 0 Å². The quantitative estimate of drug-likeness (QED) is 0.775. The van der Waals surface area contributed by atoms with Crippen LogP contribution in [0.25, 0.3) is 0 Å². The molecule has 0 spiro atoms. The molecule has 0 bridgehead atoms. The van der Waals surface area contributed by atoms with Gasteiger partial charge in [-0.25, -0.2) is 0 Å². The van der Waals surface area contributed by atoms with Crippen molar-refractivity contribution in [3.63, 3.8) is 0 Å². The molecule has 1 aromatic rings. The molecule has 0 saturated carbocycles. The zero-order chi connectivity index (χ0) is 15.4. The normalized spacial score (nSPS) is 13.0. The molecule has 0 saturated heterocycles. The van der Waals surface area contributed by atoms with Crippen LogP contribution in [0.1, 0.15) is 66.0 Å². The van der Waals surface area contributed by atoms with Crippen molar-refractivity contribution in [2.75, 3.05) is 6.54 Å². The smallest absolute Gasteiger partial charge is 0.00103 e. The number of nitrogens with one attached hydrogen (secondary N) is 1. The predicted molar refractivity (Wildman–Crippen MR) is 90.4 cm³/mol. The highest BCUT2D eigenvalue weighted by molar-refractivity contribution is 5.28. The van der Waals surface area contributed by atoms with Crippen LogP contribution in [-0.4, -0.2) is 12.6 Å². The van der Waals surface area contributed by atoms with E-state index in [4.69, 9.17) is 0 Å². The molecule has 0 radical (unpaired) electrons. The molecule has 1 aromatic carbocycles. The average molecular weight is 275 g/mol. The lowest BCUT2D eigenvalue weighted by molar-refractivity contribution is 0.320. The first-order valence-corrected chi connectivity index (χ1v) is 7.93. The summed E-state index contributed by atoms with van der Waals surface area (Å²) in [5.74, 6) is 0. The monoisotopic (exact) mass is 275 g/mol. The number of benzene rings is 1. The minimum atomic E-state index is 0.245. The summed E-state index contributed by atoms with van der Waals surface area (Å²) in [6, 6.07) is 9.77. The lowest BCUT2D eigenvalue weighted by Gasteiger charge is -2.26. The minimum absolute atomic E-state index is 0.245. The van der Waals surface area contributed by atoms with Gasteiger partial charge in [0.05, 0.1) is 0 Å². The SMILES string of the molecule is CC(C)NCCC(C)(C)Cc1ccc(C(C)(C)C)cc1. The molecule has 1 heteroatoms. The fraction of sp³-hybridized carbons (Fsp3) is 0.684. The molecule has 0 atom stereocenters. The van der Waals surface area contributed by atoms with Gasteiger partial charge in [0.2, 0.25) is 0 Å². The number of hydrogen-bond acceptors (Lipinski definition) is 1. The number of rotatable bonds is 6. The molecule has 1 rings (SSSR count). The first-order chi connectivity index (χ1) is 9.10. The van der Waals surface area contributed by atoms with Crippen LogP contribution in [0.2, 0.25) is 0 Å². The van der Waals surface area contributed by atoms with E-state index >= 15 is 0 Å². The largest absolute Gasteiger partial charge is 0.315 e. The van der Waals surface area contributed by atoms with Gasteiger partial charge in [0.15, 0.2) is 0 Å². The summed E-state index contributed by atoms with van der Waals surface area (Å²) in [6.07, 6.45) is 2.36. The Morgan fingerprint density at radius 1 is 0.950 bits per heavy atom. The summed E-state index contributed by atoms with van der Waals surface area (Å²) in [5.41, 5.74) is 3.47. The molecule has 0 fully saturated rings. The zero-order valence-electron chi connectivity index (χ0n) is 14.5. The van der Waals surface area contributed by atoms with Crippen LogP contribution in [0.5, 0.6) is 0 Å². The zero-order valence-corrected chi connectivity index (χ0v) is 14.5. The summed E-state index contributed by atoms with van der Waals surface area (Å²) >= 11 is 0. The molecule has 0 aliphatic carbocycles. The Balaban J connectivity index is 2.59. The fourth-order valence-corrected chi connectivity index (χ4v) is 2.46. The highest BCUT2D eigenvalue weighted by Crippen LogP contribution is 2.27. The van der Waals surface area contributed by atoms with Crippen molar-refractivity contribution in [1.82, 2.24) is 5.32 Å². The Kier molecular flexibility index (Phi) is 5.82. The molecule has 1 N–H and O–H groups in total. The van der Waals surface area contributed by atoms with E-state index in [1.165, 1.54) is 17.5 Å². The van der Waals surface area contributed by atoms with Crippen molar-refractivity contribution in [3.05, 3.63) is 35.4 Å².